The first-order chi connectivity index (χ1) is 11.6. The molecule has 1 aliphatic rings. The average Bonchev–Trinajstić information content (AvgIpc) is 2.91. The predicted octanol–water partition coefficient (Wildman–Crippen LogP) is 1.20. The predicted molar refractivity (Wildman–Crippen MR) is 86.0 cm³/mol. The molecule has 3 heterocycles. The van der Waals surface area contributed by atoms with Gasteiger partial charge < -0.3 is 19.9 Å². The van der Waals surface area contributed by atoms with Gasteiger partial charge in [-0.3, -0.25) is 9.78 Å². The van der Waals surface area contributed by atoms with Crippen molar-refractivity contribution in [1.82, 2.24) is 20.0 Å². The van der Waals surface area contributed by atoms with E-state index < -0.39 is 0 Å². The molecule has 0 aliphatic carbocycles. The maximum Gasteiger partial charge on any atom is 0.223 e. The van der Waals surface area contributed by atoms with Gasteiger partial charge in [0.2, 0.25) is 5.91 Å². The highest BCUT2D eigenvalue weighted by Crippen LogP contribution is 2.24. The highest BCUT2D eigenvalue weighted by atomic mass is 16.5. The summed E-state index contributed by atoms with van der Waals surface area (Å²) in [5.74, 6) is 1.19. The van der Waals surface area contributed by atoms with Gasteiger partial charge in [-0.1, -0.05) is 5.16 Å². The standard InChI is InChI=1S/C16H21N5O3/c1-10-12(11(2)24-20-10)3-4-14(22)21-7-8-23-13(9-21)15-16(17)19-6-5-18-15/h5-6,13H,3-4,7-9H2,1-2H3,(H2,17,19). The number of nitrogens with zero attached hydrogens (tertiary/aromatic N) is 4. The van der Waals surface area contributed by atoms with Gasteiger partial charge in [-0.25, -0.2) is 4.98 Å². The molecule has 2 N–H and O–H groups in total. The summed E-state index contributed by atoms with van der Waals surface area (Å²) in [4.78, 5) is 22.6. The molecular formula is C16H21N5O3. The van der Waals surface area contributed by atoms with Crippen LogP contribution in [0.5, 0.6) is 0 Å². The Morgan fingerprint density at radius 1 is 1.38 bits per heavy atom. The molecule has 0 bridgehead atoms. The molecule has 1 atom stereocenters. The van der Waals surface area contributed by atoms with Gasteiger partial charge in [0.05, 0.1) is 18.8 Å². The van der Waals surface area contributed by atoms with E-state index in [1.807, 2.05) is 13.8 Å². The molecule has 0 aromatic carbocycles. The third kappa shape index (κ3) is 3.38. The first-order valence-corrected chi connectivity index (χ1v) is 7.93. The third-order valence-electron chi connectivity index (χ3n) is 4.25. The lowest BCUT2D eigenvalue weighted by atomic mass is 10.1. The zero-order valence-corrected chi connectivity index (χ0v) is 13.9. The van der Waals surface area contributed by atoms with Crippen LogP contribution in [0.3, 0.4) is 0 Å². The minimum absolute atomic E-state index is 0.0748. The average molecular weight is 331 g/mol. The lowest BCUT2D eigenvalue weighted by Gasteiger charge is -2.33. The van der Waals surface area contributed by atoms with Crippen LogP contribution in [0.15, 0.2) is 16.9 Å². The molecule has 1 amide bonds. The summed E-state index contributed by atoms with van der Waals surface area (Å²) in [6.07, 6.45) is 3.80. The molecular weight excluding hydrogens is 310 g/mol. The van der Waals surface area contributed by atoms with E-state index in [0.29, 0.717) is 44.0 Å². The number of nitrogens with two attached hydrogens (primary N) is 1. The van der Waals surface area contributed by atoms with E-state index in [0.717, 1.165) is 17.0 Å². The van der Waals surface area contributed by atoms with Crippen LogP contribution < -0.4 is 5.73 Å². The van der Waals surface area contributed by atoms with Gasteiger partial charge in [0.1, 0.15) is 23.4 Å². The Labute approximate surface area is 140 Å². The van der Waals surface area contributed by atoms with Gasteiger partial charge in [-0.05, 0) is 20.3 Å². The molecule has 8 heteroatoms. The Morgan fingerprint density at radius 2 is 2.17 bits per heavy atom. The van der Waals surface area contributed by atoms with E-state index in [-0.39, 0.29) is 12.0 Å². The van der Waals surface area contributed by atoms with E-state index in [1.165, 1.54) is 6.20 Å². The molecule has 1 unspecified atom stereocenters. The number of nitrogen functional groups attached to an aromatic ring is 1. The van der Waals surface area contributed by atoms with Crippen molar-refractivity contribution in [2.75, 3.05) is 25.4 Å². The lowest BCUT2D eigenvalue weighted by molar-refractivity contribution is -0.139. The summed E-state index contributed by atoms with van der Waals surface area (Å²) in [5, 5.41) is 3.92. The molecule has 2 aromatic heterocycles. The summed E-state index contributed by atoms with van der Waals surface area (Å²) < 4.78 is 10.8. The number of anilines is 1. The number of hydrogen-bond donors (Lipinski definition) is 1. The van der Waals surface area contributed by atoms with Crippen molar-refractivity contribution >= 4 is 11.7 Å². The number of carbonyl (C=O) groups excluding carboxylic acids is 1. The number of morpholine rings is 1. The first kappa shape index (κ1) is 16.4. The molecule has 24 heavy (non-hydrogen) atoms. The Morgan fingerprint density at radius 3 is 2.88 bits per heavy atom. The van der Waals surface area contributed by atoms with Gasteiger partial charge in [-0.2, -0.15) is 0 Å². The number of carbonyl (C=O) groups is 1. The highest BCUT2D eigenvalue weighted by Gasteiger charge is 2.28. The second kappa shape index (κ2) is 6.96. The van der Waals surface area contributed by atoms with Crippen molar-refractivity contribution in [1.29, 1.82) is 0 Å². The Bertz CT molecular complexity index is 711. The molecule has 0 saturated carbocycles. The topological polar surface area (TPSA) is 107 Å². The third-order valence-corrected chi connectivity index (χ3v) is 4.25. The van der Waals surface area contributed by atoms with E-state index >= 15 is 0 Å². The van der Waals surface area contributed by atoms with E-state index in [4.69, 9.17) is 15.0 Å². The van der Waals surface area contributed by atoms with Crippen molar-refractivity contribution in [3.8, 4) is 0 Å². The van der Waals surface area contributed by atoms with Crippen LogP contribution in [-0.2, 0) is 16.0 Å². The zero-order chi connectivity index (χ0) is 17.1. The van der Waals surface area contributed by atoms with Crippen LogP contribution in [0.4, 0.5) is 5.82 Å². The van der Waals surface area contributed by atoms with Crippen molar-refractivity contribution in [3.63, 3.8) is 0 Å². The van der Waals surface area contributed by atoms with Crippen molar-refractivity contribution in [2.45, 2.75) is 32.8 Å². The van der Waals surface area contributed by atoms with Crippen molar-refractivity contribution < 1.29 is 14.1 Å². The zero-order valence-electron chi connectivity index (χ0n) is 13.9. The van der Waals surface area contributed by atoms with Gasteiger partial charge in [-0.15, -0.1) is 0 Å². The normalized spacial score (nSPS) is 17.9. The maximum absolute atomic E-state index is 12.5. The monoisotopic (exact) mass is 331 g/mol. The SMILES string of the molecule is Cc1noc(C)c1CCC(=O)N1CCOC(c2nccnc2N)C1. The fourth-order valence-electron chi connectivity index (χ4n) is 2.90. The Kier molecular flexibility index (Phi) is 4.75. The quantitative estimate of drug-likeness (QED) is 0.896. The second-order valence-corrected chi connectivity index (χ2v) is 5.83. The summed E-state index contributed by atoms with van der Waals surface area (Å²) in [6, 6.07) is 0. The fourth-order valence-corrected chi connectivity index (χ4v) is 2.90. The van der Waals surface area contributed by atoms with E-state index in [1.54, 1.807) is 11.1 Å². The number of aromatic nitrogens is 3. The van der Waals surface area contributed by atoms with Crippen LogP contribution in [0, 0.1) is 13.8 Å². The molecule has 128 valence electrons. The summed E-state index contributed by atoms with van der Waals surface area (Å²) in [7, 11) is 0. The molecule has 0 radical (unpaired) electrons. The van der Waals surface area contributed by atoms with Gasteiger partial charge in [0.25, 0.3) is 0 Å². The van der Waals surface area contributed by atoms with Crippen LogP contribution in [0.25, 0.3) is 0 Å². The molecule has 2 aromatic rings. The molecule has 1 fully saturated rings. The molecule has 0 spiro atoms. The van der Waals surface area contributed by atoms with Gasteiger partial charge in [0, 0.05) is 30.9 Å². The molecule has 3 rings (SSSR count). The van der Waals surface area contributed by atoms with E-state index in [9.17, 15) is 4.79 Å². The largest absolute Gasteiger partial charge is 0.382 e. The highest BCUT2D eigenvalue weighted by molar-refractivity contribution is 5.76. The number of hydrogen-bond acceptors (Lipinski definition) is 7. The number of aryl methyl sites for hydroxylation is 2. The number of ether oxygens (including phenoxy) is 1. The van der Waals surface area contributed by atoms with Crippen molar-refractivity contribution in [2.24, 2.45) is 0 Å². The van der Waals surface area contributed by atoms with Crippen LogP contribution in [0.1, 0.15) is 35.2 Å². The van der Waals surface area contributed by atoms with Gasteiger partial charge in [0.15, 0.2) is 0 Å². The number of amides is 1. The fraction of sp³-hybridized carbons (Fsp3) is 0.500. The maximum atomic E-state index is 12.5. The minimum atomic E-state index is -0.338. The van der Waals surface area contributed by atoms with Crippen LogP contribution >= 0.6 is 0 Å². The first-order valence-electron chi connectivity index (χ1n) is 7.93. The Balaban J connectivity index is 1.62. The molecule has 1 aliphatic heterocycles. The van der Waals surface area contributed by atoms with Gasteiger partial charge >= 0.3 is 0 Å². The van der Waals surface area contributed by atoms with E-state index in [2.05, 4.69) is 15.1 Å². The Hall–Kier alpha value is -2.48. The number of rotatable bonds is 4. The summed E-state index contributed by atoms with van der Waals surface area (Å²) >= 11 is 0. The van der Waals surface area contributed by atoms with Crippen molar-refractivity contribution in [3.05, 3.63) is 35.1 Å². The van der Waals surface area contributed by atoms with Crippen LogP contribution in [-0.4, -0.2) is 45.6 Å². The molecule has 8 nitrogen and oxygen atoms in total. The lowest BCUT2D eigenvalue weighted by Crippen LogP contribution is -2.42. The summed E-state index contributed by atoms with van der Waals surface area (Å²) in [5.41, 5.74) is 8.28. The molecule has 1 saturated heterocycles. The summed E-state index contributed by atoms with van der Waals surface area (Å²) in [6.45, 7) is 5.21. The van der Waals surface area contributed by atoms with Crippen LogP contribution in [0.2, 0.25) is 0 Å². The second-order valence-electron chi connectivity index (χ2n) is 5.83. The smallest absolute Gasteiger partial charge is 0.223 e. The minimum Gasteiger partial charge on any atom is -0.382 e.